The number of benzene rings is 1. The fraction of sp³-hybridized carbons (Fsp3) is 0.632. The van der Waals surface area contributed by atoms with Gasteiger partial charge in [-0.3, -0.25) is 4.79 Å². The van der Waals surface area contributed by atoms with Gasteiger partial charge in [-0.15, -0.1) is 12.4 Å². The van der Waals surface area contributed by atoms with Gasteiger partial charge in [0.05, 0.1) is 11.5 Å². The van der Waals surface area contributed by atoms with Crippen molar-refractivity contribution in [3.05, 3.63) is 35.9 Å². The van der Waals surface area contributed by atoms with Gasteiger partial charge in [0.1, 0.15) is 0 Å². The van der Waals surface area contributed by atoms with E-state index in [9.17, 15) is 13.2 Å². The fourth-order valence-corrected chi connectivity index (χ4v) is 4.74. The second-order valence-corrected chi connectivity index (χ2v) is 9.25. The maximum Gasteiger partial charge on any atom is 0.220 e. The molecule has 5 nitrogen and oxygen atoms in total. The zero-order valence-corrected chi connectivity index (χ0v) is 17.1. The first kappa shape index (κ1) is 22.9. The SMILES string of the molecule is CC(CC(=O)NCCCS(=O)(=O)Cc1ccccc1)C1CCCNC1.Cl. The van der Waals surface area contributed by atoms with Crippen molar-refractivity contribution in [3.8, 4) is 0 Å². The Morgan fingerprint density at radius 2 is 2.04 bits per heavy atom. The maximum atomic E-state index is 12.1. The highest BCUT2D eigenvalue weighted by Crippen LogP contribution is 2.22. The molecule has 2 atom stereocenters. The van der Waals surface area contributed by atoms with Gasteiger partial charge in [-0.05, 0) is 49.8 Å². The predicted molar refractivity (Wildman–Crippen MR) is 108 cm³/mol. The first-order valence-corrected chi connectivity index (χ1v) is 11.0. The summed E-state index contributed by atoms with van der Waals surface area (Å²) in [5.41, 5.74) is 0.807. The Morgan fingerprint density at radius 3 is 2.69 bits per heavy atom. The summed E-state index contributed by atoms with van der Waals surface area (Å²) in [5.74, 6) is 1.11. The third-order valence-electron chi connectivity index (χ3n) is 4.83. The van der Waals surface area contributed by atoms with E-state index in [0.29, 0.717) is 31.2 Å². The molecule has 2 rings (SSSR count). The number of nitrogens with one attached hydrogen (secondary N) is 2. The second kappa shape index (κ2) is 11.6. The van der Waals surface area contributed by atoms with Gasteiger partial charge in [0, 0.05) is 13.0 Å². The van der Waals surface area contributed by atoms with Crippen molar-refractivity contribution in [2.75, 3.05) is 25.4 Å². The first-order chi connectivity index (χ1) is 12.0. The molecule has 2 unspecified atom stereocenters. The lowest BCUT2D eigenvalue weighted by molar-refractivity contribution is -0.122. The van der Waals surface area contributed by atoms with E-state index in [1.165, 1.54) is 12.8 Å². The molecule has 1 fully saturated rings. The Kier molecular flexibility index (Phi) is 10.2. The van der Waals surface area contributed by atoms with E-state index in [2.05, 4.69) is 17.6 Å². The summed E-state index contributed by atoms with van der Waals surface area (Å²) < 4.78 is 24.2. The van der Waals surface area contributed by atoms with Crippen molar-refractivity contribution in [1.29, 1.82) is 0 Å². The van der Waals surface area contributed by atoms with Gasteiger partial charge >= 0.3 is 0 Å². The number of piperidine rings is 1. The van der Waals surface area contributed by atoms with Crippen LogP contribution >= 0.6 is 12.4 Å². The minimum Gasteiger partial charge on any atom is -0.356 e. The van der Waals surface area contributed by atoms with Crippen LogP contribution in [0.1, 0.15) is 38.2 Å². The molecular weight excluding hydrogens is 372 g/mol. The molecule has 0 aliphatic carbocycles. The highest BCUT2D eigenvalue weighted by molar-refractivity contribution is 7.90. The molecule has 0 bridgehead atoms. The Balaban J connectivity index is 0.00000338. The van der Waals surface area contributed by atoms with E-state index < -0.39 is 9.84 Å². The summed E-state index contributed by atoms with van der Waals surface area (Å²) in [6, 6.07) is 9.19. The molecule has 0 spiro atoms. The zero-order valence-electron chi connectivity index (χ0n) is 15.4. The summed E-state index contributed by atoms with van der Waals surface area (Å²) >= 11 is 0. The summed E-state index contributed by atoms with van der Waals surface area (Å²) in [4.78, 5) is 12.0. The molecule has 0 radical (unpaired) electrons. The van der Waals surface area contributed by atoms with E-state index in [1.54, 1.807) is 0 Å². The molecule has 1 saturated heterocycles. The Bertz CT molecular complexity index is 631. The third kappa shape index (κ3) is 8.52. The van der Waals surface area contributed by atoms with Gasteiger partial charge in [-0.1, -0.05) is 37.3 Å². The highest BCUT2D eigenvalue weighted by atomic mass is 35.5. The Hall–Kier alpha value is -1.11. The molecule has 0 aromatic heterocycles. The van der Waals surface area contributed by atoms with Crippen LogP contribution in [-0.4, -0.2) is 39.7 Å². The van der Waals surface area contributed by atoms with Crippen LogP contribution in [0.3, 0.4) is 0 Å². The van der Waals surface area contributed by atoms with Crippen molar-refractivity contribution in [2.24, 2.45) is 11.8 Å². The van der Waals surface area contributed by atoms with Crippen LogP contribution in [-0.2, 0) is 20.4 Å². The largest absolute Gasteiger partial charge is 0.356 e. The number of rotatable bonds is 9. The Morgan fingerprint density at radius 1 is 1.31 bits per heavy atom. The highest BCUT2D eigenvalue weighted by Gasteiger charge is 2.21. The molecule has 148 valence electrons. The van der Waals surface area contributed by atoms with Crippen molar-refractivity contribution in [3.63, 3.8) is 0 Å². The molecule has 1 aromatic carbocycles. The molecule has 7 heteroatoms. The zero-order chi connectivity index (χ0) is 18.1. The summed E-state index contributed by atoms with van der Waals surface area (Å²) in [6.45, 7) is 4.61. The predicted octanol–water partition coefficient (Wildman–Crippen LogP) is 2.56. The lowest BCUT2D eigenvalue weighted by Crippen LogP contribution is -2.36. The van der Waals surface area contributed by atoms with Gasteiger partial charge in [-0.25, -0.2) is 8.42 Å². The fourth-order valence-electron chi connectivity index (χ4n) is 3.32. The molecule has 1 aliphatic rings. The van der Waals surface area contributed by atoms with Gasteiger partial charge in [0.2, 0.25) is 5.91 Å². The minimum atomic E-state index is -3.13. The quantitative estimate of drug-likeness (QED) is 0.622. The molecule has 1 aliphatic heterocycles. The molecule has 2 N–H and O–H groups in total. The molecule has 0 saturated carbocycles. The standard InChI is InChI=1S/C19H30N2O3S.ClH/c1-16(18-9-5-10-20-14-18)13-19(22)21-11-6-12-25(23,24)15-17-7-3-2-4-8-17;/h2-4,7-8,16,18,20H,5-6,9-15H2,1H3,(H,21,22);1H. The van der Waals surface area contributed by atoms with Crippen molar-refractivity contribution in [1.82, 2.24) is 10.6 Å². The molecule has 1 amide bonds. The lowest BCUT2D eigenvalue weighted by Gasteiger charge is -2.28. The average molecular weight is 403 g/mol. The Labute approximate surface area is 163 Å². The summed E-state index contributed by atoms with van der Waals surface area (Å²) in [6.07, 6.45) is 3.33. The summed E-state index contributed by atoms with van der Waals surface area (Å²) in [7, 11) is -3.13. The van der Waals surface area contributed by atoms with Crippen molar-refractivity contribution >= 4 is 28.2 Å². The number of sulfone groups is 1. The van der Waals surface area contributed by atoms with Gasteiger partial charge in [0.25, 0.3) is 0 Å². The van der Waals surface area contributed by atoms with E-state index in [0.717, 1.165) is 18.7 Å². The normalized spacial score (nSPS) is 18.6. The van der Waals surface area contributed by atoms with Crippen LogP contribution in [0.4, 0.5) is 0 Å². The molecular formula is C19H31ClN2O3S. The number of carbonyl (C=O) groups is 1. The van der Waals surface area contributed by atoms with Crippen molar-refractivity contribution < 1.29 is 13.2 Å². The van der Waals surface area contributed by atoms with Gasteiger partial charge in [-0.2, -0.15) is 0 Å². The van der Waals surface area contributed by atoms with Crippen LogP contribution in [0.2, 0.25) is 0 Å². The average Bonchev–Trinajstić information content (AvgIpc) is 2.60. The topological polar surface area (TPSA) is 75.3 Å². The second-order valence-electron chi connectivity index (χ2n) is 7.07. The first-order valence-electron chi connectivity index (χ1n) is 9.18. The van der Waals surface area contributed by atoms with Crippen LogP contribution in [0.25, 0.3) is 0 Å². The van der Waals surface area contributed by atoms with E-state index in [-0.39, 0.29) is 29.8 Å². The number of hydrogen-bond donors (Lipinski definition) is 2. The van der Waals surface area contributed by atoms with Crippen LogP contribution in [0.5, 0.6) is 0 Å². The molecule has 26 heavy (non-hydrogen) atoms. The maximum absolute atomic E-state index is 12.1. The van der Waals surface area contributed by atoms with Crippen LogP contribution < -0.4 is 10.6 Å². The van der Waals surface area contributed by atoms with Gasteiger partial charge in [0.15, 0.2) is 9.84 Å². The smallest absolute Gasteiger partial charge is 0.220 e. The van der Waals surface area contributed by atoms with Gasteiger partial charge < -0.3 is 10.6 Å². The van der Waals surface area contributed by atoms with E-state index >= 15 is 0 Å². The minimum absolute atomic E-state index is 0. The van der Waals surface area contributed by atoms with E-state index in [1.807, 2.05) is 30.3 Å². The third-order valence-corrected chi connectivity index (χ3v) is 6.51. The van der Waals surface area contributed by atoms with E-state index in [4.69, 9.17) is 0 Å². The number of amides is 1. The van der Waals surface area contributed by atoms with Crippen molar-refractivity contribution in [2.45, 2.75) is 38.4 Å². The summed E-state index contributed by atoms with van der Waals surface area (Å²) in [5, 5.41) is 6.24. The monoisotopic (exact) mass is 402 g/mol. The number of halogens is 1. The van der Waals surface area contributed by atoms with Crippen LogP contribution in [0, 0.1) is 11.8 Å². The molecule has 1 heterocycles. The molecule has 1 aromatic rings. The van der Waals surface area contributed by atoms with Crippen LogP contribution in [0.15, 0.2) is 30.3 Å². The lowest BCUT2D eigenvalue weighted by atomic mass is 9.85. The number of hydrogen-bond acceptors (Lipinski definition) is 4. The number of carbonyl (C=O) groups excluding carboxylic acids is 1.